The van der Waals surface area contributed by atoms with Gasteiger partial charge in [-0.2, -0.15) is 6.67 Å². The minimum Gasteiger partial charge on any atom is -0.536 e. The van der Waals surface area contributed by atoms with Crippen molar-refractivity contribution in [1.82, 2.24) is 19.9 Å². The number of hydrogen-bond donors (Lipinski definition) is 1. The van der Waals surface area contributed by atoms with Crippen LogP contribution in [0, 0.1) is 38.2 Å². The van der Waals surface area contributed by atoms with Gasteiger partial charge in [0.15, 0.2) is 0 Å². The predicted octanol–water partition coefficient (Wildman–Crippen LogP) is 7.88. The molecule has 0 amide bonds. The number of anilines is 5. The van der Waals surface area contributed by atoms with Gasteiger partial charge in [0.2, 0.25) is 0 Å². The van der Waals surface area contributed by atoms with E-state index in [1.807, 2.05) is 12.1 Å². The standard InChI is InChI=1S/C34H41N8.CN.Pt/c1-21(2)25-16-29(22(3)4)31(30(17-25)23(5)6)26-14-27(39-19-40(8)32-24(7)35-10-11-36-32)18-28(15-26)42-20-41(9)33-34(42)38-13-12-37-33;1-2;/h10-17,19-23,39H,1-9H3;;/q-3;-1;+4/i8D3,9D3;;. The molecule has 0 radical (unpaired) electrons. The van der Waals surface area contributed by atoms with Gasteiger partial charge in [-0.05, 0) is 60.9 Å². The van der Waals surface area contributed by atoms with Crippen LogP contribution in [0.2, 0.25) is 0 Å². The van der Waals surface area contributed by atoms with E-state index in [-0.39, 0.29) is 44.5 Å². The Kier molecular flexibility index (Phi) is 9.29. The molecule has 10 heteroatoms. The van der Waals surface area contributed by atoms with E-state index in [4.69, 9.17) is 20.1 Å². The van der Waals surface area contributed by atoms with Gasteiger partial charge in [-0.15, -0.1) is 41.8 Å². The second kappa shape index (κ2) is 15.3. The first kappa shape index (κ1) is 27.3. The van der Waals surface area contributed by atoms with Crippen LogP contribution in [-0.2, 0) is 21.1 Å². The summed E-state index contributed by atoms with van der Waals surface area (Å²) in [4.78, 5) is 21.1. The maximum atomic E-state index is 8.23. The zero-order valence-electron chi connectivity index (χ0n) is 32.4. The number of nitrogens with one attached hydrogen (secondary N) is 1. The molecule has 0 aliphatic carbocycles. The fourth-order valence-corrected chi connectivity index (χ4v) is 5.09. The number of aromatic nitrogens is 4. The molecular weight excluding hydrogens is 742 g/mol. The molecule has 0 fully saturated rings. The zero-order chi connectivity index (χ0) is 37.1. The Morgan fingerprint density at radius 3 is 2.11 bits per heavy atom. The molecule has 0 saturated carbocycles. The number of nitrogens with zero attached hydrogens (tertiary/aromatic N) is 8. The topological polar surface area (TPSA) is 97.1 Å². The van der Waals surface area contributed by atoms with Gasteiger partial charge in [0, 0.05) is 33.0 Å². The molecule has 9 nitrogen and oxygen atoms in total. The summed E-state index contributed by atoms with van der Waals surface area (Å²) in [7, 11) is 0. The molecule has 236 valence electrons. The van der Waals surface area contributed by atoms with Crippen molar-refractivity contribution in [2.75, 3.05) is 34.0 Å². The minimum absolute atomic E-state index is 0. The van der Waals surface area contributed by atoms with Crippen molar-refractivity contribution in [3.63, 3.8) is 0 Å². The van der Waals surface area contributed by atoms with E-state index in [0.29, 0.717) is 28.8 Å². The summed E-state index contributed by atoms with van der Waals surface area (Å²) in [6.45, 7) is 17.2. The van der Waals surface area contributed by atoms with E-state index < -0.39 is 14.0 Å². The summed E-state index contributed by atoms with van der Waals surface area (Å²) in [6.07, 6.45) is 5.91. The molecule has 1 aliphatic heterocycles. The molecule has 2 aromatic heterocycles. The van der Waals surface area contributed by atoms with Crippen molar-refractivity contribution < 1.29 is 29.3 Å². The van der Waals surface area contributed by atoms with Crippen LogP contribution in [0.15, 0.2) is 49.1 Å². The molecule has 2 aromatic carbocycles. The second-order valence-electron chi connectivity index (χ2n) is 11.4. The van der Waals surface area contributed by atoms with Crippen molar-refractivity contribution in [3.05, 3.63) is 97.4 Å². The number of rotatable bonds is 9. The van der Waals surface area contributed by atoms with Crippen molar-refractivity contribution in [3.8, 4) is 11.1 Å². The van der Waals surface area contributed by atoms with Gasteiger partial charge in [0.1, 0.15) is 17.5 Å². The smallest absolute Gasteiger partial charge is 0.536 e. The minimum atomic E-state index is -2.58. The normalized spacial score (nSPS) is 14.7. The van der Waals surface area contributed by atoms with Gasteiger partial charge in [-0.1, -0.05) is 53.7 Å². The van der Waals surface area contributed by atoms with Crippen LogP contribution in [0.4, 0.5) is 28.8 Å². The van der Waals surface area contributed by atoms with Gasteiger partial charge in [0.25, 0.3) is 0 Å². The van der Waals surface area contributed by atoms with E-state index in [1.165, 1.54) is 54.8 Å². The van der Waals surface area contributed by atoms with Crippen molar-refractivity contribution in [2.24, 2.45) is 0 Å². The van der Waals surface area contributed by atoms with Gasteiger partial charge in [-0.25, -0.2) is 15.0 Å². The van der Waals surface area contributed by atoms with Gasteiger partial charge < -0.3 is 31.9 Å². The molecule has 1 N–H and O–H groups in total. The zero-order valence-corrected chi connectivity index (χ0v) is 28.7. The van der Waals surface area contributed by atoms with Crippen molar-refractivity contribution in [1.29, 1.82) is 5.26 Å². The Morgan fingerprint density at radius 2 is 1.53 bits per heavy atom. The van der Waals surface area contributed by atoms with Crippen LogP contribution in [0.1, 0.15) is 89.9 Å². The van der Waals surface area contributed by atoms with E-state index >= 15 is 0 Å². The Balaban J connectivity index is 0.00000230. The third-order valence-corrected chi connectivity index (χ3v) is 7.32. The Bertz CT molecular complexity index is 1800. The van der Waals surface area contributed by atoms with Crippen LogP contribution in [0.25, 0.3) is 11.1 Å². The van der Waals surface area contributed by atoms with Crippen LogP contribution in [0.3, 0.4) is 0 Å². The third kappa shape index (κ3) is 7.62. The van der Waals surface area contributed by atoms with E-state index in [9.17, 15) is 0 Å². The first-order valence-corrected chi connectivity index (χ1v) is 14.4. The Hall–Kier alpha value is -4.02. The summed E-state index contributed by atoms with van der Waals surface area (Å²) in [5.74, 6) is 1.41. The largest absolute Gasteiger partial charge is 4.00 e. The third-order valence-electron chi connectivity index (χ3n) is 7.32. The van der Waals surface area contributed by atoms with Crippen LogP contribution in [-0.4, -0.2) is 33.9 Å². The maximum Gasteiger partial charge on any atom is 4.00 e. The monoisotopic (exact) mass is 788 g/mol. The Morgan fingerprint density at radius 1 is 0.911 bits per heavy atom. The summed E-state index contributed by atoms with van der Waals surface area (Å²) in [5, 5.41) is 9.41. The van der Waals surface area contributed by atoms with Gasteiger partial charge >= 0.3 is 21.1 Å². The number of fused-ring (bicyclic) bond motifs is 1. The average Bonchev–Trinajstić information content (AvgIpc) is 3.46. The van der Waals surface area contributed by atoms with Gasteiger partial charge in [0.05, 0.1) is 5.69 Å². The maximum absolute atomic E-state index is 8.23. The fourth-order valence-electron chi connectivity index (χ4n) is 5.09. The predicted molar refractivity (Wildman–Crippen MR) is 178 cm³/mol. The summed E-state index contributed by atoms with van der Waals surface area (Å²) in [5.41, 5.74) is 6.89. The van der Waals surface area contributed by atoms with E-state index in [1.54, 1.807) is 11.8 Å². The number of hydrogen-bond acceptors (Lipinski definition) is 9. The SMILES string of the molecule is [2H]C([2H])([2H])N([CH-]Nc1[c-]c(N2[CH-]N(C([2H])([2H])[2H])c3nccnc32)cc(-c2c(C(C)C)cc(C(C)C)cc2C(C)C)c1)c1nccnc1C.[C-]#N.[Pt+4]. The average molecular weight is 789 g/mol. The number of benzene rings is 2. The fraction of sp³-hybridized carbons (Fsp3) is 0.343. The molecule has 45 heavy (non-hydrogen) atoms. The van der Waals surface area contributed by atoms with Crippen LogP contribution in [0.5, 0.6) is 0 Å². The molecule has 3 heterocycles. The molecule has 5 rings (SSSR count). The summed E-state index contributed by atoms with van der Waals surface area (Å²) < 4.78 is 49.1. The van der Waals surface area contributed by atoms with E-state index in [2.05, 4.69) is 85.0 Å². The molecule has 0 saturated heterocycles. The Labute approximate surface area is 291 Å². The first-order chi connectivity index (χ1) is 23.5. The molecule has 0 atom stereocenters. The molecular formula is C35H41N9Pt. The van der Waals surface area contributed by atoms with Crippen LogP contribution >= 0.6 is 0 Å². The molecule has 1 aliphatic rings. The van der Waals surface area contributed by atoms with Crippen LogP contribution < -0.4 is 20.0 Å². The quantitative estimate of drug-likeness (QED) is 0.170. The summed E-state index contributed by atoms with van der Waals surface area (Å²) in [6, 6.07) is 11.7. The summed E-state index contributed by atoms with van der Waals surface area (Å²) >= 11 is 0. The second-order valence-corrected chi connectivity index (χ2v) is 11.4. The van der Waals surface area contributed by atoms with E-state index in [0.717, 1.165) is 20.9 Å². The molecule has 4 aromatic rings. The van der Waals surface area contributed by atoms with Crippen molar-refractivity contribution in [2.45, 2.75) is 66.2 Å². The number of aryl methyl sites for hydroxylation is 1. The van der Waals surface area contributed by atoms with Gasteiger partial charge in [-0.3, -0.25) is 4.98 Å². The molecule has 0 unspecified atom stereocenters. The molecule has 0 spiro atoms. The molecule has 0 bridgehead atoms. The van der Waals surface area contributed by atoms with Crippen molar-refractivity contribution >= 4 is 28.8 Å². The first-order valence-electron chi connectivity index (χ1n) is 17.4.